The topological polar surface area (TPSA) is 12.9 Å². The molecule has 0 saturated heterocycles. The van der Waals surface area contributed by atoms with Gasteiger partial charge in [0.15, 0.2) is 0 Å². The molecule has 0 N–H and O–H groups in total. The maximum absolute atomic E-state index is 4.95. The van der Waals surface area contributed by atoms with Crippen LogP contribution >= 0.6 is 0 Å². The molecule has 0 bridgehead atoms. The van der Waals surface area contributed by atoms with Gasteiger partial charge < -0.3 is 0 Å². The lowest BCUT2D eigenvalue weighted by Crippen LogP contribution is -2.46. The van der Waals surface area contributed by atoms with E-state index >= 15 is 0 Å². The van der Waals surface area contributed by atoms with Gasteiger partial charge in [-0.25, -0.2) is 0 Å². The Bertz CT molecular complexity index is 908. The number of benzene rings is 1. The van der Waals surface area contributed by atoms with Crippen LogP contribution in [0.3, 0.4) is 0 Å². The van der Waals surface area contributed by atoms with E-state index in [1.807, 2.05) is 6.92 Å². The monoisotopic (exact) mass is 327 g/mol. The first kappa shape index (κ1) is 17.5. The third kappa shape index (κ3) is 3.14. The summed E-state index contributed by atoms with van der Waals surface area (Å²) < 4.78 is 0. The highest BCUT2D eigenvalue weighted by Gasteiger charge is 2.35. The van der Waals surface area contributed by atoms with Crippen LogP contribution in [0.4, 0.5) is 0 Å². The van der Waals surface area contributed by atoms with Crippen LogP contribution in [0.15, 0.2) is 54.0 Å². The van der Waals surface area contributed by atoms with Crippen molar-refractivity contribution in [2.24, 2.45) is 0 Å². The molecule has 0 amide bonds. The van der Waals surface area contributed by atoms with E-state index in [-0.39, 0.29) is 6.71 Å². The molecule has 1 aromatic carbocycles. The first-order valence-electron chi connectivity index (χ1n) is 8.89. The molecule has 2 heteroatoms. The molecule has 0 aliphatic carbocycles. The van der Waals surface area contributed by atoms with E-state index in [1.165, 1.54) is 44.4 Å². The fourth-order valence-electron chi connectivity index (χ4n) is 4.04. The van der Waals surface area contributed by atoms with E-state index in [1.54, 1.807) is 0 Å². The van der Waals surface area contributed by atoms with Gasteiger partial charge in [0.2, 0.25) is 0 Å². The van der Waals surface area contributed by atoms with Crippen molar-refractivity contribution in [2.75, 3.05) is 0 Å². The molecule has 0 fully saturated rings. The van der Waals surface area contributed by atoms with Crippen LogP contribution in [0.1, 0.15) is 41.8 Å². The Hall–Kier alpha value is -2.35. The lowest BCUT2D eigenvalue weighted by molar-refractivity contribution is 1.23. The zero-order valence-corrected chi connectivity index (χ0v) is 16.2. The maximum Gasteiger partial charge on any atom is 0.262 e. The summed E-state index contributed by atoms with van der Waals surface area (Å²) in [5, 5.41) is 0. The Balaban J connectivity index is 2.27. The van der Waals surface area contributed by atoms with Crippen LogP contribution in [0.5, 0.6) is 0 Å². The fourth-order valence-corrected chi connectivity index (χ4v) is 4.04. The van der Waals surface area contributed by atoms with Gasteiger partial charge in [0, 0.05) is 11.3 Å². The quantitative estimate of drug-likeness (QED) is 0.602. The summed E-state index contributed by atoms with van der Waals surface area (Å²) in [6.07, 6.45) is 4.30. The smallest absolute Gasteiger partial charge is 0.262 e. The van der Waals surface area contributed by atoms with E-state index in [0.29, 0.717) is 0 Å². The molecule has 1 aromatic heterocycles. The average molecular weight is 327 g/mol. The Morgan fingerprint density at radius 3 is 2.28 bits per heavy atom. The largest absolute Gasteiger partial charge is 0.267 e. The summed E-state index contributed by atoms with van der Waals surface area (Å²) in [7, 11) is 0. The summed E-state index contributed by atoms with van der Waals surface area (Å²) in [6, 6.07) is 8.90. The molecular weight excluding hydrogens is 301 g/mol. The van der Waals surface area contributed by atoms with E-state index in [2.05, 4.69) is 77.6 Å². The Labute approximate surface area is 152 Å². The first-order valence-corrected chi connectivity index (χ1v) is 8.89. The fraction of sp³-hybridized carbons (Fsp3) is 0.261. The van der Waals surface area contributed by atoms with Gasteiger partial charge in [-0.15, -0.1) is 0 Å². The summed E-state index contributed by atoms with van der Waals surface area (Å²) >= 11 is 0. The maximum atomic E-state index is 4.95. The van der Waals surface area contributed by atoms with Gasteiger partial charge in [0.1, 0.15) is 0 Å². The molecule has 0 unspecified atom stereocenters. The molecule has 0 atom stereocenters. The van der Waals surface area contributed by atoms with Gasteiger partial charge in [0.25, 0.3) is 6.71 Å². The second kappa shape index (κ2) is 6.52. The van der Waals surface area contributed by atoms with E-state index < -0.39 is 0 Å². The summed E-state index contributed by atoms with van der Waals surface area (Å²) in [5.74, 6) is 0. The summed E-state index contributed by atoms with van der Waals surface area (Å²) in [6.45, 7) is 17.2. The van der Waals surface area contributed by atoms with Crippen molar-refractivity contribution in [3.63, 3.8) is 0 Å². The number of aromatic nitrogens is 1. The van der Waals surface area contributed by atoms with Gasteiger partial charge >= 0.3 is 0 Å². The molecule has 0 saturated carbocycles. The van der Waals surface area contributed by atoms with Crippen LogP contribution in [-0.4, -0.2) is 11.7 Å². The molecule has 1 aliphatic rings. The Morgan fingerprint density at radius 1 is 1.04 bits per heavy atom. The van der Waals surface area contributed by atoms with Crippen LogP contribution < -0.4 is 11.1 Å². The predicted octanol–water partition coefficient (Wildman–Crippen LogP) is 4.38. The van der Waals surface area contributed by atoms with E-state index in [4.69, 9.17) is 4.98 Å². The van der Waals surface area contributed by atoms with Crippen molar-refractivity contribution in [3.05, 3.63) is 82.0 Å². The van der Waals surface area contributed by atoms with Gasteiger partial charge in [-0.2, -0.15) is 0 Å². The molecule has 0 radical (unpaired) electrons. The van der Waals surface area contributed by atoms with Gasteiger partial charge in [-0.1, -0.05) is 77.1 Å². The van der Waals surface area contributed by atoms with Crippen molar-refractivity contribution in [3.8, 4) is 0 Å². The highest BCUT2D eigenvalue weighted by atomic mass is 14.7. The highest BCUT2D eigenvalue weighted by Crippen LogP contribution is 2.29. The first-order chi connectivity index (χ1) is 11.8. The number of nitrogens with zero attached hydrogens (tertiary/aromatic N) is 1. The number of rotatable bonds is 3. The van der Waals surface area contributed by atoms with Crippen molar-refractivity contribution in [1.82, 2.24) is 4.98 Å². The van der Waals surface area contributed by atoms with Crippen LogP contribution in [0, 0.1) is 27.7 Å². The molecule has 0 spiro atoms. The molecule has 25 heavy (non-hydrogen) atoms. The standard InChI is InChI=1S/C23H26BN/c1-14(2)8-10-20-19(7)24(23-21(20)11-9-18(6)25-23)22-16(4)12-15(3)13-17(22)5/h8-13H,1H2,2-7H3/b10-8-. The molecule has 3 rings (SSSR count). The minimum atomic E-state index is 0.236. The summed E-state index contributed by atoms with van der Waals surface area (Å²) in [4.78, 5) is 4.95. The molecule has 1 nitrogen and oxygen atoms in total. The highest BCUT2D eigenvalue weighted by molar-refractivity contribution is 6.93. The predicted molar refractivity (Wildman–Crippen MR) is 111 cm³/mol. The molecule has 2 heterocycles. The minimum absolute atomic E-state index is 0.236. The van der Waals surface area contributed by atoms with Crippen molar-refractivity contribution in [1.29, 1.82) is 0 Å². The normalized spacial score (nSPS) is 13.8. The lowest BCUT2D eigenvalue weighted by atomic mass is 9.38. The Kier molecular flexibility index (Phi) is 4.56. The molecular formula is C23H26BN. The minimum Gasteiger partial charge on any atom is -0.267 e. The number of pyridine rings is 1. The Morgan fingerprint density at radius 2 is 1.68 bits per heavy atom. The second-order valence-corrected chi connectivity index (χ2v) is 7.41. The van der Waals surface area contributed by atoms with Crippen LogP contribution in [-0.2, 0) is 0 Å². The van der Waals surface area contributed by atoms with Crippen molar-refractivity contribution < 1.29 is 0 Å². The zero-order valence-electron chi connectivity index (χ0n) is 16.2. The van der Waals surface area contributed by atoms with Gasteiger partial charge in [0.05, 0.1) is 0 Å². The zero-order chi connectivity index (χ0) is 18.3. The number of hydrogen-bond acceptors (Lipinski definition) is 1. The molecule has 2 aromatic rings. The SMILES string of the molecule is C=C(C)/C=C\C1=C(C)B(c2c(C)cc(C)cc2C)c2nc(C)ccc21. The van der Waals surface area contributed by atoms with Crippen LogP contribution in [0.2, 0.25) is 0 Å². The number of aryl methyl sites for hydroxylation is 4. The van der Waals surface area contributed by atoms with Gasteiger partial charge in [-0.3, -0.25) is 4.98 Å². The lowest BCUT2D eigenvalue weighted by Gasteiger charge is -2.17. The number of hydrogen-bond donors (Lipinski definition) is 0. The second-order valence-electron chi connectivity index (χ2n) is 7.41. The number of fused-ring (bicyclic) bond motifs is 1. The third-order valence-electron chi connectivity index (χ3n) is 5.05. The van der Waals surface area contributed by atoms with Crippen molar-refractivity contribution >= 4 is 23.3 Å². The van der Waals surface area contributed by atoms with E-state index in [9.17, 15) is 0 Å². The van der Waals surface area contributed by atoms with Crippen molar-refractivity contribution in [2.45, 2.75) is 41.5 Å². The summed E-state index contributed by atoms with van der Waals surface area (Å²) in [5.41, 5.74) is 12.7. The van der Waals surface area contributed by atoms with E-state index in [0.717, 1.165) is 11.3 Å². The van der Waals surface area contributed by atoms with Crippen LogP contribution in [0.25, 0.3) is 5.57 Å². The molecule has 126 valence electrons. The average Bonchev–Trinajstić information content (AvgIpc) is 2.76. The van der Waals surface area contributed by atoms with Gasteiger partial charge in [-0.05, 0) is 51.8 Å². The number of allylic oxidation sites excluding steroid dienone is 5. The molecule has 1 aliphatic heterocycles. The third-order valence-corrected chi connectivity index (χ3v) is 5.05.